The standard InChI is InChI=1S/C40H42F3N3O7S/c1-3-46(32-20-15-28(16-21-32)39(51)52)54(2,53)33-6-4-5-29(23-33)36(47)45-35-22-17-30(40(41,42)43)24-34(35)37(48)44-31-18-11-26(12-19-31)8-7-25-9-13-27(14-10-25)38(49)50/h4-6,9-14,17-19,22-24,28,32,53H,3,7-8,15-16,20-21H2,1-2H3,(H,44,48)(H,45,47)(H,49,50)(H,51,52). The van der Waals surface area contributed by atoms with Gasteiger partial charge in [-0.1, -0.05) is 47.8 Å². The van der Waals surface area contributed by atoms with Crippen LogP contribution < -0.4 is 10.6 Å². The number of hydrogen-bond donors (Lipinski definition) is 5. The largest absolute Gasteiger partial charge is 0.481 e. The number of aromatic carboxylic acids is 1. The second-order valence-electron chi connectivity index (χ2n) is 13.3. The highest BCUT2D eigenvalue weighted by Gasteiger charge is 2.36. The first-order valence-corrected chi connectivity index (χ1v) is 19.4. The van der Waals surface area contributed by atoms with Gasteiger partial charge in [-0.25, -0.2) is 9.10 Å². The number of rotatable bonds is 13. The van der Waals surface area contributed by atoms with Crippen molar-refractivity contribution in [2.75, 3.05) is 23.4 Å². The maximum Gasteiger partial charge on any atom is 0.416 e. The van der Waals surface area contributed by atoms with Crippen LogP contribution in [0.5, 0.6) is 0 Å². The van der Waals surface area contributed by atoms with Gasteiger partial charge < -0.3 is 25.4 Å². The zero-order valence-electron chi connectivity index (χ0n) is 29.7. The van der Waals surface area contributed by atoms with Crippen LogP contribution in [0.15, 0.2) is 95.9 Å². The monoisotopic (exact) mass is 765 g/mol. The van der Waals surface area contributed by atoms with Crippen molar-refractivity contribution in [3.63, 3.8) is 0 Å². The van der Waals surface area contributed by atoms with Gasteiger partial charge in [0.25, 0.3) is 11.8 Å². The Morgan fingerprint density at radius 3 is 1.94 bits per heavy atom. The third-order valence-electron chi connectivity index (χ3n) is 9.72. The lowest BCUT2D eigenvalue weighted by Crippen LogP contribution is -2.40. The molecule has 0 radical (unpaired) electrons. The first-order valence-electron chi connectivity index (χ1n) is 17.4. The van der Waals surface area contributed by atoms with E-state index < -0.39 is 57.5 Å². The number of anilines is 2. The number of aliphatic carboxylic acids is 1. The molecule has 1 unspecified atom stereocenters. The van der Waals surface area contributed by atoms with Gasteiger partial charge in [-0.05, 0) is 110 Å². The van der Waals surface area contributed by atoms with Gasteiger partial charge in [0.2, 0.25) is 0 Å². The van der Waals surface area contributed by atoms with E-state index in [4.69, 9.17) is 5.11 Å². The molecular formula is C40H42F3N3O7S. The average molecular weight is 766 g/mol. The van der Waals surface area contributed by atoms with Gasteiger partial charge in [0.15, 0.2) is 0 Å². The summed E-state index contributed by atoms with van der Waals surface area (Å²) >= 11 is 0. The van der Waals surface area contributed by atoms with Crippen LogP contribution in [0.3, 0.4) is 0 Å². The van der Waals surface area contributed by atoms with E-state index in [0.717, 1.165) is 23.3 Å². The van der Waals surface area contributed by atoms with E-state index in [1.165, 1.54) is 24.3 Å². The second kappa shape index (κ2) is 16.9. The molecule has 1 aliphatic carbocycles. The summed E-state index contributed by atoms with van der Waals surface area (Å²) in [6, 6.07) is 22.0. The summed E-state index contributed by atoms with van der Waals surface area (Å²) in [6.45, 7) is 2.39. The lowest BCUT2D eigenvalue weighted by Gasteiger charge is -2.47. The van der Waals surface area contributed by atoms with Crippen molar-refractivity contribution in [1.29, 1.82) is 0 Å². The van der Waals surface area contributed by atoms with E-state index in [1.807, 2.05) is 11.2 Å². The normalized spacial score (nSPS) is 17.6. The summed E-state index contributed by atoms with van der Waals surface area (Å²) in [4.78, 5) is 50.1. The van der Waals surface area contributed by atoms with Crippen LogP contribution >= 0.6 is 10.5 Å². The van der Waals surface area contributed by atoms with E-state index in [-0.39, 0.29) is 22.9 Å². The van der Waals surface area contributed by atoms with Crippen molar-refractivity contribution in [3.8, 4) is 0 Å². The van der Waals surface area contributed by atoms with Crippen LogP contribution in [-0.4, -0.2) is 61.7 Å². The molecular weight excluding hydrogens is 724 g/mol. The summed E-state index contributed by atoms with van der Waals surface area (Å²) in [6.07, 6.45) is 0.373. The van der Waals surface area contributed by atoms with Gasteiger partial charge in [0, 0.05) is 35.0 Å². The lowest BCUT2D eigenvalue weighted by atomic mass is 9.86. The number of hydrogen-bond acceptors (Lipinski definition) is 6. The molecule has 1 fully saturated rings. The van der Waals surface area contributed by atoms with Crippen molar-refractivity contribution in [3.05, 3.63) is 124 Å². The highest BCUT2D eigenvalue weighted by molar-refractivity contribution is 8.26. The third kappa shape index (κ3) is 9.67. The summed E-state index contributed by atoms with van der Waals surface area (Å²) in [5.74, 6) is -3.83. The maximum atomic E-state index is 13.8. The predicted molar refractivity (Wildman–Crippen MR) is 201 cm³/mol. The number of halogens is 3. The van der Waals surface area contributed by atoms with Crippen LogP contribution in [0.1, 0.15) is 80.4 Å². The molecule has 4 aromatic carbocycles. The Hall–Kier alpha value is -5.18. The number of carbonyl (C=O) groups excluding carboxylic acids is 2. The van der Waals surface area contributed by atoms with Gasteiger partial charge in [-0.3, -0.25) is 14.4 Å². The molecule has 10 nitrogen and oxygen atoms in total. The number of carbonyl (C=O) groups is 4. The van der Waals surface area contributed by atoms with E-state index in [2.05, 4.69) is 10.6 Å². The van der Waals surface area contributed by atoms with Crippen LogP contribution in [-0.2, 0) is 23.8 Å². The topological polar surface area (TPSA) is 156 Å². The quantitative estimate of drug-likeness (QED) is 0.0904. The zero-order valence-corrected chi connectivity index (χ0v) is 30.5. The van der Waals surface area contributed by atoms with Crippen molar-refractivity contribution in [1.82, 2.24) is 4.31 Å². The van der Waals surface area contributed by atoms with Gasteiger partial charge in [-0.2, -0.15) is 13.2 Å². The molecule has 1 aliphatic rings. The number of carboxylic acids is 2. The summed E-state index contributed by atoms with van der Waals surface area (Å²) in [5, 5.41) is 23.7. The molecule has 5 rings (SSSR count). The average Bonchev–Trinajstić information content (AvgIpc) is 3.14. The molecule has 54 heavy (non-hydrogen) atoms. The second-order valence-corrected chi connectivity index (χ2v) is 15.9. The van der Waals surface area contributed by atoms with E-state index in [1.54, 1.807) is 54.8 Å². The highest BCUT2D eigenvalue weighted by atomic mass is 32.3. The van der Waals surface area contributed by atoms with Crippen molar-refractivity contribution < 1.29 is 47.1 Å². The molecule has 5 N–H and O–H groups in total. The first kappa shape index (κ1) is 40.0. The van der Waals surface area contributed by atoms with E-state index in [0.29, 0.717) is 61.7 Å². The van der Waals surface area contributed by atoms with Crippen LogP contribution in [0.2, 0.25) is 0 Å². The molecule has 0 heterocycles. The minimum Gasteiger partial charge on any atom is -0.481 e. The third-order valence-corrected chi connectivity index (χ3v) is 12.3. The predicted octanol–water partition coefficient (Wildman–Crippen LogP) is 8.84. The molecule has 0 spiro atoms. The Morgan fingerprint density at radius 1 is 0.778 bits per heavy atom. The fourth-order valence-corrected chi connectivity index (χ4v) is 8.94. The molecule has 1 atom stereocenters. The Morgan fingerprint density at radius 2 is 1.39 bits per heavy atom. The minimum absolute atomic E-state index is 0.0533. The number of nitrogens with zero attached hydrogens (tertiary/aromatic N) is 1. The molecule has 0 saturated heterocycles. The fraction of sp³-hybridized carbons (Fsp3) is 0.300. The molecule has 286 valence electrons. The van der Waals surface area contributed by atoms with Crippen molar-refractivity contribution >= 4 is 45.6 Å². The van der Waals surface area contributed by atoms with Crippen molar-refractivity contribution in [2.24, 2.45) is 5.92 Å². The molecule has 14 heteroatoms. The summed E-state index contributed by atoms with van der Waals surface area (Å²) < 4.78 is 55.1. The molecule has 4 aromatic rings. The SMILES string of the molecule is CCN(C1CCC(C(=O)O)CC1)S(C)(O)c1cccc(C(=O)Nc2ccc(C(F)(F)F)cc2C(=O)Nc2ccc(CCc3ccc(C(=O)O)cc3)cc2)c1. The Bertz CT molecular complexity index is 2000. The summed E-state index contributed by atoms with van der Waals surface area (Å²) in [5.41, 5.74) is 0.852. The van der Waals surface area contributed by atoms with Gasteiger partial charge in [0.05, 0.1) is 28.3 Å². The number of nitrogens with one attached hydrogen (secondary N) is 2. The number of amides is 2. The summed E-state index contributed by atoms with van der Waals surface area (Å²) in [7, 11) is -2.62. The molecule has 0 aliphatic heterocycles. The highest BCUT2D eigenvalue weighted by Crippen LogP contribution is 2.54. The van der Waals surface area contributed by atoms with E-state index in [9.17, 15) is 42.0 Å². The number of carboxylic acid groups (broad SMARTS) is 2. The molecule has 2 amide bonds. The maximum absolute atomic E-state index is 13.8. The molecule has 1 saturated carbocycles. The van der Waals surface area contributed by atoms with Crippen LogP contribution in [0.25, 0.3) is 0 Å². The Balaban J connectivity index is 1.30. The number of benzene rings is 4. The number of alkyl halides is 3. The molecule has 0 bridgehead atoms. The van der Waals surface area contributed by atoms with Crippen molar-refractivity contribution in [2.45, 2.75) is 62.6 Å². The fourth-order valence-electron chi connectivity index (χ4n) is 6.69. The minimum atomic E-state index is -4.76. The van der Waals surface area contributed by atoms with Crippen LogP contribution in [0, 0.1) is 5.92 Å². The lowest BCUT2D eigenvalue weighted by molar-refractivity contribution is -0.143. The molecule has 0 aromatic heterocycles. The number of aryl methyl sites for hydroxylation is 2. The van der Waals surface area contributed by atoms with Gasteiger partial charge >= 0.3 is 18.1 Å². The van der Waals surface area contributed by atoms with Crippen LogP contribution in [0.4, 0.5) is 24.5 Å². The smallest absolute Gasteiger partial charge is 0.416 e. The zero-order chi connectivity index (χ0) is 39.2. The van der Waals surface area contributed by atoms with Gasteiger partial charge in [-0.15, -0.1) is 0 Å². The van der Waals surface area contributed by atoms with Gasteiger partial charge in [0.1, 0.15) is 0 Å². The Labute approximate surface area is 312 Å². The van der Waals surface area contributed by atoms with E-state index >= 15 is 0 Å². The Kier molecular flexibility index (Phi) is 12.5. The first-order chi connectivity index (χ1) is 25.6.